The van der Waals surface area contributed by atoms with Gasteiger partial charge in [0.15, 0.2) is 6.23 Å². The number of urea groups is 1. The Balaban J connectivity index is 2.13. The number of amides is 3. The Kier molecular flexibility index (Phi) is 4.56. The molecule has 3 amide bonds. The predicted molar refractivity (Wildman–Crippen MR) is 68.5 cm³/mol. The maximum Gasteiger partial charge on any atom is 0.326 e. The molecule has 2 saturated heterocycles. The second-order valence-electron chi connectivity index (χ2n) is 4.41. The average molecular weight is 335 g/mol. The topological polar surface area (TPSA) is 99.1 Å². The number of hydrogen-bond donors (Lipinski definition) is 3. The van der Waals surface area contributed by atoms with E-state index in [-0.39, 0.29) is 19.6 Å². The van der Waals surface area contributed by atoms with Gasteiger partial charge in [-0.2, -0.15) is 0 Å². The van der Waals surface area contributed by atoms with Crippen molar-refractivity contribution in [1.82, 2.24) is 10.2 Å². The summed E-state index contributed by atoms with van der Waals surface area (Å²) in [6.45, 7) is -0.137. The lowest BCUT2D eigenvalue weighted by atomic mass is 10.1. The molecule has 0 unspecified atom stereocenters. The van der Waals surface area contributed by atoms with Crippen molar-refractivity contribution >= 4 is 27.9 Å². The number of allylic oxidation sites excluding steroid dienone is 1. The van der Waals surface area contributed by atoms with Gasteiger partial charge in [0.1, 0.15) is 6.10 Å². The molecule has 3 N–H and O–H groups in total. The first-order chi connectivity index (χ1) is 9.06. The zero-order chi connectivity index (χ0) is 14.0. The average Bonchev–Trinajstić information content (AvgIpc) is 2.74. The molecule has 7 nitrogen and oxygen atoms in total. The van der Waals surface area contributed by atoms with Crippen molar-refractivity contribution in [2.75, 3.05) is 18.5 Å². The van der Waals surface area contributed by atoms with Crippen LogP contribution in [0.2, 0.25) is 0 Å². The van der Waals surface area contributed by atoms with E-state index in [0.29, 0.717) is 10.9 Å². The Morgan fingerprint density at radius 3 is 2.84 bits per heavy atom. The number of hydrogen-bond acceptors (Lipinski definition) is 5. The first kappa shape index (κ1) is 14.4. The van der Waals surface area contributed by atoms with E-state index in [9.17, 15) is 14.7 Å². The molecule has 0 aliphatic carbocycles. The van der Waals surface area contributed by atoms with Crippen LogP contribution in [0.1, 0.15) is 6.42 Å². The number of nitrogens with one attached hydrogen (secondary N) is 1. The number of nitrogens with zero attached hydrogens (tertiary/aromatic N) is 1. The Morgan fingerprint density at radius 1 is 1.53 bits per heavy atom. The SMILES string of the molecule is O=C1NC(=O)N([C@@H]2O[C@H](CO)C[C@H]2O)CC1=CCBr. The fourth-order valence-electron chi connectivity index (χ4n) is 2.16. The van der Waals surface area contributed by atoms with Crippen LogP contribution in [0.4, 0.5) is 4.79 Å². The molecule has 8 heteroatoms. The highest BCUT2D eigenvalue weighted by Crippen LogP contribution is 2.25. The molecule has 2 fully saturated rings. The smallest absolute Gasteiger partial charge is 0.326 e. The number of alkyl halides is 1. The molecule has 0 spiro atoms. The van der Waals surface area contributed by atoms with Gasteiger partial charge in [-0.05, 0) is 0 Å². The molecular weight excluding hydrogens is 320 g/mol. The van der Waals surface area contributed by atoms with Crippen LogP contribution < -0.4 is 5.32 Å². The number of aliphatic hydroxyl groups is 2. The number of imide groups is 1. The Hall–Kier alpha value is -0.960. The summed E-state index contributed by atoms with van der Waals surface area (Å²) in [6, 6.07) is -0.598. The van der Waals surface area contributed by atoms with Crippen molar-refractivity contribution in [3.63, 3.8) is 0 Å². The molecule has 0 aromatic rings. The summed E-state index contributed by atoms with van der Waals surface area (Å²) < 4.78 is 5.41. The molecule has 2 heterocycles. The summed E-state index contributed by atoms with van der Waals surface area (Å²) in [5.41, 5.74) is 0.430. The number of halogens is 1. The van der Waals surface area contributed by atoms with Gasteiger partial charge in [0.25, 0.3) is 5.91 Å². The van der Waals surface area contributed by atoms with Gasteiger partial charge in [0, 0.05) is 17.3 Å². The molecule has 0 saturated carbocycles. The normalized spacial score (nSPS) is 33.9. The van der Waals surface area contributed by atoms with Crippen molar-refractivity contribution < 1.29 is 24.5 Å². The van der Waals surface area contributed by atoms with Gasteiger partial charge in [-0.15, -0.1) is 0 Å². The maximum absolute atomic E-state index is 11.8. The van der Waals surface area contributed by atoms with Crippen molar-refractivity contribution in [3.05, 3.63) is 11.6 Å². The van der Waals surface area contributed by atoms with Crippen molar-refractivity contribution in [3.8, 4) is 0 Å². The van der Waals surface area contributed by atoms with Gasteiger partial charge in [-0.25, -0.2) is 4.79 Å². The van der Waals surface area contributed by atoms with E-state index >= 15 is 0 Å². The minimum Gasteiger partial charge on any atom is -0.394 e. The number of aliphatic hydroxyl groups excluding tert-OH is 2. The molecule has 2 aliphatic rings. The highest BCUT2D eigenvalue weighted by Gasteiger charge is 2.42. The monoisotopic (exact) mass is 334 g/mol. The summed E-state index contributed by atoms with van der Waals surface area (Å²) in [4.78, 5) is 24.6. The lowest BCUT2D eigenvalue weighted by Crippen LogP contribution is -2.57. The number of rotatable bonds is 3. The first-order valence-electron chi connectivity index (χ1n) is 5.88. The van der Waals surface area contributed by atoms with Crippen LogP contribution in [0.5, 0.6) is 0 Å². The quantitative estimate of drug-likeness (QED) is 0.469. The fourth-order valence-corrected chi connectivity index (χ4v) is 2.55. The third-order valence-corrected chi connectivity index (χ3v) is 3.44. The minimum atomic E-state index is -0.874. The maximum atomic E-state index is 11.8. The molecule has 0 aromatic heterocycles. The van der Waals surface area contributed by atoms with Gasteiger partial charge in [0.05, 0.1) is 19.3 Å². The van der Waals surface area contributed by atoms with Gasteiger partial charge in [0.2, 0.25) is 0 Å². The zero-order valence-corrected chi connectivity index (χ0v) is 11.7. The van der Waals surface area contributed by atoms with Gasteiger partial charge in [-0.3, -0.25) is 15.0 Å². The Labute approximate surface area is 118 Å². The van der Waals surface area contributed by atoms with Crippen LogP contribution >= 0.6 is 15.9 Å². The Bertz CT molecular complexity index is 414. The third kappa shape index (κ3) is 2.97. The zero-order valence-electron chi connectivity index (χ0n) is 10.1. The van der Waals surface area contributed by atoms with E-state index in [1.54, 1.807) is 6.08 Å². The third-order valence-electron chi connectivity index (χ3n) is 3.11. The van der Waals surface area contributed by atoms with E-state index in [2.05, 4.69) is 21.2 Å². The second-order valence-corrected chi connectivity index (χ2v) is 5.05. The fraction of sp³-hybridized carbons (Fsp3) is 0.636. The number of carbonyl (C=O) groups excluding carboxylic acids is 2. The molecule has 0 aromatic carbocycles. The van der Waals surface area contributed by atoms with E-state index in [1.165, 1.54) is 4.90 Å². The van der Waals surface area contributed by atoms with Crippen LogP contribution in [0.3, 0.4) is 0 Å². The lowest BCUT2D eigenvalue weighted by molar-refractivity contribution is -0.120. The van der Waals surface area contributed by atoms with Crippen molar-refractivity contribution in [2.24, 2.45) is 0 Å². The van der Waals surface area contributed by atoms with Gasteiger partial charge >= 0.3 is 6.03 Å². The highest BCUT2D eigenvalue weighted by molar-refractivity contribution is 9.09. The number of carbonyl (C=O) groups is 2. The lowest BCUT2D eigenvalue weighted by Gasteiger charge is -2.34. The molecule has 106 valence electrons. The first-order valence-corrected chi connectivity index (χ1v) is 7.00. The van der Waals surface area contributed by atoms with Crippen molar-refractivity contribution in [1.29, 1.82) is 0 Å². The van der Waals surface area contributed by atoms with E-state index in [0.717, 1.165) is 0 Å². The second kappa shape index (κ2) is 6.00. The van der Waals surface area contributed by atoms with Crippen LogP contribution in [-0.4, -0.2) is 64.0 Å². The Morgan fingerprint density at radius 2 is 2.26 bits per heavy atom. The van der Waals surface area contributed by atoms with Gasteiger partial charge in [-0.1, -0.05) is 22.0 Å². The van der Waals surface area contributed by atoms with E-state index in [4.69, 9.17) is 9.84 Å². The largest absolute Gasteiger partial charge is 0.394 e. The van der Waals surface area contributed by atoms with Crippen LogP contribution in [-0.2, 0) is 9.53 Å². The molecule has 0 bridgehead atoms. The van der Waals surface area contributed by atoms with Crippen LogP contribution in [0.25, 0.3) is 0 Å². The molecule has 0 radical (unpaired) electrons. The van der Waals surface area contributed by atoms with E-state index in [1.807, 2.05) is 0 Å². The molecule has 19 heavy (non-hydrogen) atoms. The van der Waals surface area contributed by atoms with Crippen LogP contribution in [0.15, 0.2) is 11.6 Å². The van der Waals surface area contributed by atoms with E-state index < -0.39 is 30.4 Å². The summed E-state index contributed by atoms with van der Waals surface area (Å²) in [5.74, 6) is -0.438. The molecule has 2 rings (SSSR count). The standard InChI is InChI=1S/C11H15BrN2O5/c12-2-1-6-4-14(11(18)13-9(6)17)10-8(16)3-7(5-15)19-10/h1,7-8,10,15-16H,2-5H2,(H,13,17,18)/t7-,8+,10+/m0/s1. The highest BCUT2D eigenvalue weighted by atomic mass is 79.9. The summed E-state index contributed by atoms with van der Waals surface area (Å²) >= 11 is 3.19. The summed E-state index contributed by atoms with van der Waals surface area (Å²) in [5, 5.41) is 21.6. The molecular formula is C11H15BrN2O5. The summed E-state index contributed by atoms with van der Waals surface area (Å²) in [6.07, 6.45) is -0.296. The molecule has 3 atom stereocenters. The predicted octanol–water partition coefficient (Wildman–Crippen LogP) is -0.672. The number of ether oxygens (including phenoxy) is 1. The molecule has 2 aliphatic heterocycles. The van der Waals surface area contributed by atoms with Gasteiger partial charge < -0.3 is 14.9 Å². The minimum absolute atomic E-state index is 0.0795. The summed E-state index contributed by atoms with van der Waals surface area (Å²) in [7, 11) is 0. The van der Waals surface area contributed by atoms with Crippen LogP contribution in [0, 0.1) is 0 Å². The van der Waals surface area contributed by atoms with Crippen molar-refractivity contribution in [2.45, 2.75) is 24.9 Å².